The Morgan fingerprint density at radius 3 is 3.05 bits per heavy atom. The van der Waals surface area contributed by atoms with Crippen LogP contribution >= 0.6 is 11.3 Å². The van der Waals surface area contributed by atoms with Crippen molar-refractivity contribution in [1.29, 1.82) is 5.26 Å². The highest BCUT2D eigenvalue weighted by Gasteiger charge is 2.22. The van der Waals surface area contributed by atoms with Gasteiger partial charge in [0.05, 0.1) is 11.5 Å². The maximum absolute atomic E-state index is 12.6. The summed E-state index contributed by atoms with van der Waals surface area (Å²) in [5.74, 6) is 0.751. The highest BCUT2D eigenvalue weighted by molar-refractivity contribution is 7.18. The standard InChI is InChI=1S/C14H15N3OS/c1-2-4-11-16-13-12(14(18)17(11)8-7-15)9-5-3-6-10(9)19-13/h2-6,8H2,1H3. The van der Waals surface area contributed by atoms with Crippen molar-refractivity contribution in [2.75, 3.05) is 0 Å². The molecular formula is C14H15N3OS. The zero-order valence-corrected chi connectivity index (χ0v) is 11.7. The molecule has 4 nitrogen and oxygen atoms in total. The van der Waals surface area contributed by atoms with Crippen LogP contribution in [0, 0.1) is 11.3 Å². The molecule has 0 aromatic carbocycles. The lowest BCUT2D eigenvalue weighted by atomic mass is 10.2. The van der Waals surface area contributed by atoms with Gasteiger partial charge in [-0.3, -0.25) is 9.36 Å². The van der Waals surface area contributed by atoms with Crippen molar-refractivity contribution in [2.45, 2.75) is 45.6 Å². The summed E-state index contributed by atoms with van der Waals surface area (Å²) in [4.78, 5) is 19.4. The van der Waals surface area contributed by atoms with Gasteiger partial charge in [-0.05, 0) is 31.2 Å². The minimum absolute atomic E-state index is 0.0191. The van der Waals surface area contributed by atoms with E-state index in [0.717, 1.165) is 48.1 Å². The van der Waals surface area contributed by atoms with Gasteiger partial charge in [-0.25, -0.2) is 4.98 Å². The molecule has 2 heterocycles. The predicted octanol–water partition coefficient (Wildman–Crippen LogP) is 2.42. The van der Waals surface area contributed by atoms with Crippen molar-refractivity contribution in [3.05, 3.63) is 26.6 Å². The summed E-state index contributed by atoms with van der Waals surface area (Å²) >= 11 is 1.66. The van der Waals surface area contributed by atoms with Gasteiger partial charge in [-0.2, -0.15) is 5.26 Å². The Balaban J connectivity index is 2.31. The van der Waals surface area contributed by atoms with E-state index in [4.69, 9.17) is 5.26 Å². The van der Waals surface area contributed by atoms with Gasteiger partial charge in [0.25, 0.3) is 5.56 Å². The third-order valence-electron chi connectivity index (χ3n) is 3.61. The summed E-state index contributed by atoms with van der Waals surface area (Å²) in [6.07, 6.45) is 4.85. The first-order valence-electron chi connectivity index (χ1n) is 6.67. The molecule has 5 heteroatoms. The van der Waals surface area contributed by atoms with Crippen molar-refractivity contribution in [1.82, 2.24) is 9.55 Å². The molecule has 3 rings (SSSR count). The first kappa shape index (κ1) is 12.4. The summed E-state index contributed by atoms with van der Waals surface area (Å²) in [5.41, 5.74) is 1.17. The van der Waals surface area contributed by atoms with Crippen LogP contribution in [0.5, 0.6) is 0 Å². The van der Waals surface area contributed by atoms with Crippen LogP contribution in [0.4, 0.5) is 0 Å². The second-order valence-electron chi connectivity index (χ2n) is 4.86. The molecule has 0 saturated carbocycles. The second kappa shape index (κ2) is 4.78. The van der Waals surface area contributed by atoms with E-state index in [0.29, 0.717) is 0 Å². The summed E-state index contributed by atoms with van der Waals surface area (Å²) < 4.78 is 1.55. The molecule has 0 bridgehead atoms. The van der Waals surface area contributed by atoms with Crippen LogP contribution in [0.2, 0.25) is 0 Å². The lowest BCUT2D eigenvalue weighted by Gasteiger charge is -2.08. The first-order chi connectivity index (χ1) is 9.26. The molecule has 1 aliphatic carbocycles. The van der Waals surface area contributed by atoms with Crippen molar-refractivity contribution < 1.29 is 0 Å². The van der Waals surface area contributed by atoms with Crippen LogP contribution in [-0.2, 0) is 25.8 Å². The molecule has 0 N–H and O–H groups in total. The van der Waals surface area contributed by atoms with E-state index < -0.39 is 0 Å². The number of rotatable bonds is 3. The van der Waals surface area contributed by atoms with Gasteiger partial charge < -0.3 is 0 Å². The zero-order valence-electron chi connectivity index (χ0n) is 10.9. The third-order valence-corrected chi connectivity index (χ3v) is 4.79. The number of nitriles is 1. The van der Waals surface area contributed by atoms with E-state index in [1.54, 1.807) is 15.9 Å². The number of hydrogen-bond acceptors (Lipinski definition) is 4. The maximum Gasteiger partial charge on any atom is 0.263 e. The van der Waals surface area contributed by atoms with Crippen molar-refractivity contribution >= 4 is 21.6 Å². The molecular weight excluding hydrogens is 258 g/mol. The Hall–Kier alpha value is -1.67. The molecule has 2 aromatic heterocycles. The van der Waals surface area contributed by atoms with E-state index in [2.05, 4.69) is 18.0 Å². The smallest absolute Gasteiger partial charge is 0.263 e. The fourth-order valence-corrected chi connectivity index (χ4v) is 4.04. The van der Waals surface area contributed by atoms with E-state index in [9.17, 15) is 4.79 Å². The summed E-state index contributed by atoms with van der Waals surface area (Å²) in [6, 6.07) is 2.07. The highest BCUT2D eigenvalue weighted by Crippen LogP contribution is 2.34. The Labute approximate surface area is 115 Å². The summed E-state index contributed by atoms with van der Waals surface area (Å²) in [6.45, 7) is 2.16. The Kier molecular flexibility index (Phi) is 3.11. The Bertz CT molecular complexity index is 736. The quantitative estimate of drug-likeness (QED) is 0.863. The topological polar surface area (TPSA) is 58.7 Å². The van der Waals surface area contributed by atoms with Crippen LogP contribution in [0.1, 0.15) is 36.0 Å². The molecule has 2 aromatic rings. The summed E-state index contributed by atoms with van der Waals surface area (Å²) in [7, 11) is 0. The fourth-order valence-electron chi connectivity index (χ4n) is 2.77. The van der Waals surface area contributed by atoms with Gasteiger partial charge in [0, 0.05) is 11.3 Å². The maximum atomic E-state index is 12.6. The molecule has 98 valence electrons. The molecule has 0 unspecified atom stereocenters. The molecule has 0 amide bonds. The summed E-state index contributed by atoms with van der Waals surface area (Å²) in [5, 5.41) is 9.69. The van der Waals surface area contributed by atoms with E-state index in [-0.39, 0.29) is 12.1 Å². The molecule has 0 saturated heterocycles. The number of aromatic nitrogens is 2. The molecule has 0 aliphatic heterocycles. The van der Waals surface area contributed by atoms with Crippen LogP contribution < -0.4 is 5.56 Å². The largest absolute Gasteiger partial charge is 0.282 e. The van der Waals surface area contributed by atoms with Gasteiger partial charge in [0.1, 0.15) is 17.2 Å². The molecule has 19 heavy (non-hydrogen) atoms. The third kappa shape index (κ3) is 1.87. The van der Waals surface area contributed by atoms with E-state index in [1.165, 1.54) is 10.4 Å². The average molecular weight is 273 g/mol. The monoisotopic (exact) mass is 273 g/mol. The van der Waals surface area contributed by atoms with Gasteiger partial charge in [-0.15, -0.1) is 11.3 Å². The lowest BCUT2D eigenvalue weighted by molar-refractivity contribution is 0.681. The SMILES string of the molecule is CCCc1nc2sc3c(c2c(=O)n1CC#N)CCC3. The number of aryl methyl sites for hydroxylation is 3. The van der Waals surface area contributed by atoms with Crippen molar-refractivity contribution in [3.8, 4) is 6.07 Å². The minimum atomic E-state index is -0.0191. The number of thiophene rings is 1. The molecule has 0 radical (unpaired) electrons. The first-order valence-corrected chi connectivity index (χ1v) is 7.48. The number of hydrogen-bond donors (Lipinski definition) is 0. The zero-order chi connectivity index (χ0) is 13.4. The minimum Gasteiger partial charge on any atom is -0.282 e. The number of fused-ring (bicyclic) bond motifs is 3. The average Bonchev–Trinajstić information content (AvgIpc) is 2.94. The Morgan fingerprint density at radius 2 is 2.32 bits per heavy atom. The normalized spacial score (nSPS) is 13.7. The van der Waals surface area contributed by atoms with Crippen molar-refractivity contribution in [2.24, 2.45) is 0 Å². The Morgan fingerprint density at radius 1 is 1.47 bits per heavy atom. The van der Waals surface area contributed by atoms with Gasteiger partial charge in [-0.1, -0.05) is 6.92 Å². The predicted molar refractivity (Wildman–Crippen MR) is 75.5 cm³/mol. The lowest BCUT2D eigenvalue weighted by Crippen LogP contribution is -2.25. The molecule has 0 spiro atoms. The second-order valence-corrected chi connectivity index (χ2v) is 5.95. The van der Waals surface area contributed by atoms with Crippen LogP contribution in [-0.4, -0.2) is 9.55 Å². The van der Waals surface area contributed by atoms with Crippen LogP contribution in [0.25, 0.3) is 10.2 Å². The fraction of sp³-hybridized carbons (Fsp3) is 0.500. The van der Waals surface area contributed by atoms with Gasteiger partial charge in [0.15, 0.2) is 0 Å². The highest BCUT2D eigenvalue weighted by atomic mass is 32.1. The van der Waals surface area contributed by atoms with Gasteiger partial charge in [0.2, 0.25) is 0 Å². The number of nitrogens with zero attached hydrogens (tertiary/aromatic N) is 3. The molecule has 0 fully saturated rings. The molecule has 1 aliphatic rings. The molecule has 0 atom stereocenters. The van der Waals surface area contributed by atoms with E-state index in [1.807, 2.05) is 0 Å². The van der Waals surface area contributed by atoms with Gasteiger partial charge >= 0.3 is 0 Å². The van der Waals surface area contributed by atoms with E-state index >= 15 is 0 Å². The van der Waals surface area contributed by atoms with Crippen LogP contribution in [0.3, 0.4) is 0 Å². The van der Waals surface area contributed by atoms with Crippen molar-refractivity contribution in [3.63, 3.8) is 0 Å². The van der Waals surface area contributed by atoms with Crippen LogP contribution in [0.15, 0.2) is 4.79 Å².